The molecule has 142 valence electrons. The summed E-state index contributed by atoms with van der Waals surface area (Å²) in [5.74, 6) is 0.810. The van der Waals surface area contributed by atoms with E-state index in [-0.39, 0.29) is 30.3 Å². The van der Waals surface area contributed by atoms with Crippen molar-refractivity contribution >= 4 is 23.6 Å². The Kier molecular flexibility index (Phi) is 6.63. The van der Waals surface area contributed by atoms with Crippen molar-refractivity contribution < 1.29 is 14.3 Å². The highest BCUT2D eigenvalue weighted by Crippen LogP contribution is 2.29. The van der Waals surface area contributed by atoms with Gasteiger partial charge in [-0.05, 0) is 60.8 Å². The number of thioether (sulfide) groups is 1. The summed E-state index contributed by atoms with van der Waals surface area (Å²) in [7, 11) is 0. The molecule has 0 aliphatic heterocycles. The molecule has 1 aromatic carbocycles. The Labute approximate surface area is 160 Å². The van der Waals surface area contributed by atoms with E-state index in [4.69, 9.17) is 4.74 Å². The third kappa shape index (κ3) is 5.03. The Morgan fingerprint density at radius 2 is 1.96 bits per heavy atom. The second kappa shape index (κ2) is 8.94. The van der Waals surface area contributed by atoms with Crippen LogP contribution in [0.25, 0.3) is 0 Å². The van der Waals surface area contributed by atoms with Crippen molar-refractivity contribution in [2.75, 3.05) is 12.4 Å². The molecule has 0 bridgehead atoms. The van der Waals surface area contributed by atoms with Crippen LogP contribution in [0.1, 0.15) is 50.7 Å². The summed E-state index contributed by atoms with van der Waals surface area (Å²) < 4.78 is 5.15. The van der Waals surface area contributed by atoms with Crippen molar-refractivity contribution in [1.82, 2.24) is 5.32 Å². The largest absolute Gasteiger partial charge is 0.455 e. The van der Waals surface area contributed by atoms with Crippen LogP contribution in [0.15, 0.2) is 23.1 Å². The lowest BCUT2D eigenvalue weighted by molar-refractivity contribution is -0.146. The van der Waals surface area contributed by atoms with E-state index in [0.29, 0.717) is 11.8 Å². The van der Waals surface area contributed by atoms with Gasteiger partial charge in [0, 0.05) is 10.9 Å². The number of hydrogen-bond acceptors (Lipinski definition) is 4. The minimum absolute atomic E-state index is 0.179. The van der Waals surface area contributed by atoms with Crippen LogP contribution < -0.4 is 5.32 Å². The Balaban J connectivity index is 1.37. The molecule has 0 spiro atoms. The normalized spacial score (nSPS) is 24.8. The number of amides is 1. The molecule has 0 aromatic heterocycles. The highest BCUT2D eigenvalue weighted by Gasteiger charge is 2.28. The summed E-state index contributed by atoms with van der Waals surface area (Å²) in [6, 6.07) is 6.61. The lowest BCUT2D eigenvalue weighted by Crippen LogP contribution is -2.45. The van der Waals surface area contributed by atoms with Crippen LogP contribution in [0.2, 0.25) is 0 Å². The number of benzene rings is 1. The minimum atomic E-state index is -0.337. The van der Waals surface area contributed by atoms with Crippen LogP contribution >= 0.6 is 11.8 Å². The molecular weight excluding hydrogens is 346 g/mol. The molecule has 0 radical (unpaired) electrons. The van der Waals surface area contributed by atoms with Gasteiger partial charge in [-0.15, -0.1) is 11.8 Å². The van der Waals surface area contributed by atoms with Crippen molar-refractivity contribution in [1.29, 1.82) is 0 Å². The van der Waals surface area contributed by atoms with Crippen LogP contribution in [0.5, 0.6) is 0 Å². The number of esters is 1. The zero-order valence-corrected chi connectivity index (χ0v) is 16.6. The van der Waals surface area contributed by atoms with E-state index < -0.39 is 0 Å². The second-order valence-electron chi connectivity index (χ2n) is 7.67. The maximum atomic E-state index is 12.1. The molecule has 0 unspecified atom stereocenters. The molecule has 5 heteroatoms. The van der Waals surface area contributed by atoms with E-state index in [1.165, 1.54) is 35.7 Å². The molecule has 26 heavy (non-hydrogen) atoms. The Bertz CT molecular complexity index is 661. The maximum Gasteiger partial charge on any atom is 0.316 e. The van der Waals surface area contributed by atoms with E-state index in [1.54, 1.807) is 0 Å². The van der Waals surface area contributed by atoms with Gasteiger partial charge in [0.15, 0.2) is 6.61 Å². The first kappa shape index (κ1) is 19.3. The zero-order chi connectivity index (χ0) is 18.5. The third-order valence-corrected chi connectivity index (χ3v) is 6.81. The molecule has 0 saturated heterocycles. The fourth-order valence-electron chi connectivity index (χ4n) is 4.00. The molecular formula is C21H29NO3S. The fourth-order valence-corrected chi connectivity index (χ4v) is 4.76. The first-order chi connectivity index (χ1) is 12.5. The molecule has 1 saturated carbocycles. The quantitative estimate of drug-likeness (QED) is 0.608. The average Bonchev–Trinajstić information content (AvgIpc) is 3.10. The maximum absolute atomic E-state index is 12.1. The standard InChI is InChI=1S/C21H29NO3S/c1-14-5-3-8-19(15(14)2)22-20(23)12-25-21(24)13-26-18-10-9-16-6-4-7-17(16)11-18/h9-11,14-15,19H,3-8,12-13H2,1-2H3,(H,22,23)/t14-,15-,19+/m1/s1. The van der Waals surface area contributed by atoms with E-state index in [1.807, 2.05) is 0 Å². The van der Waals surface area contributed by atoms with Crippen molar-refractivity contribution in [3.8, 4) is 0 Å². The van der Waals surface area contributed by atoms with Gasteiger partial charge in [-0.3, -0.25) is 9.59 Å². The van der Waals surface area contributed by atoms with E-state index in [2.05, 4.69) is 37.4 Å². The second-order valence-corrected chi connectivity index (χ2v) is 8.72. The van der Waals surface area contributed by atoms with Crippen molar-refractivity contribution in [2.45, 2.75) is 63.3 Å². The van der Waals surface area contributed by atoms with Crippen molar-refractivity contribution in [2.24, 2.45) is 11.8 Å². The van der Waals surface area contributed by atoms with Gasteiger partial charge in [-0.25, -0.2) is 0 Å². The Morgan fingerprint density at radius 3 is 2.81 bits per heavy atom. The molecule has 1 aromatic rings. The summed E-state index contributed by atoms with van der Waals surface area (Å²) in [6.45, 7) is 4.24. The minimum Gasteiger partial charge on any atom is -0.455 e. The highest BCUT2D eigenvalue weighted by atomic mass is 32.2. The number of hydrogen-bond donors (Lipinski definition) is 1. The van der Waals surface area contributed by atoms with Gasteiger partial charge in [-0.1, -0.05) is 32.8 Å². The summed E-state index contributed by atoms with van der Waals surface area (Å²) in [5, 5.41) is 3.03. The van der Waals surface area contributed by atoms with Crippen LogP contribution in [0, 0.1) is 11.8 Å². The fraction of sp³-hybridized carbons (Fsp3) is 0.619. The highest BCUT2D eigenvalue weighted by molar-refractivity contribution is 8.00. The van der Waals surface area contributed by atoms with Gasteiger partial charge in [0.25, 0.3) is 5.91 Å². The number of aryl methyl sites for hydroxylation is 2. The smallest absolute Gasteiger partial charge is 0.316 e. The van der Waals surface area contributed by atoms with Crippen LogP contribution in [0.3, 0.4) is 0 Å². The van der Waals surface area contributed by atoms with Crippen molar-refractivity contribution in [3.63, 3.8) is 0 Å². The number of ether oxygens (including phenoxy) is 1. The summed E-state index contributed by atoms with van der Waals surface area (Å²) in [4.78, 5) is 25.1. The summed E-state index contributed by atoms with van der Waals surface area (Å²) in [6.07, 6.45) is 6.90. The summed E-state index contributed by atoms with van der Waals surface area (Å²) >= 11 is 1.48. The Hall–Kier alpha value is -1.49. The molecule has 4 nitrogen and oxygen atoms in total. The van der Waals surface area contributed by atoms with Gasteiger partial charge in [0.05, 0.1) is 5.75 Å². The molecule has 2 aliphatic carbocycles. The number of fused-ring (bicyclic) bond motifs is 1. The van der Waals surface area contributed by atoms with E-state index in [9.17, 15) is 9.59 Å². The topological polar surface area (TPSA) is 55.4 Å². The first-order valence-corrected chi connectivity index (χ1v) is 10.7. The molecule has 1 amide bonds. The number of carbonyl (C=O) groups excluding carboxylic acids is 2. The number of nitrogens with one attached hydrogen (secondary N) is 1. The van der Waals surface area contributed by atoms with E-state index >= 15 is 0 Å². The predicted octanol–water partition coefficient (Wildman–Crippen LogP) is 3.75. The van der Waals surface area contributed by atoms with Crippen molar-refractivity contribution in [3.05, 3.63) is 29.3 Å². The monoisotopic (exact) mass is 375 g/mol. The molecule has 2 aliphatic rings. The molecule has 0 heterocycles. The molecule has 3 atom stereocenters. The Morgan fingerprint density at radius 1 is 1.15 bits per heavy atom. The molecule has 1 fully saturated rings. The van der Waals surface area contributed by atoms with Crippen LogP contribution in [-0.2, 0) is 27.2 Å². The number of rotatable bonds is 6. The molecule has 1 N–H and O–H groups in total. The van der Waals surface area contributed by atoms with Gasteiger partial charge in [0.2, 0.25) is 0 Å². The lowest BCUT2D eigenvalue weighted by atomic mass is 9.78. The average molecular weight is 376 g/mol. The SMILES string of the molecule is C[C@@H]1[C@H](C)CCC[C@@H]1NC(=O)COC(=O)CSc1ccc2c(c1)CCC2. The lowest BCUT2D eigenvalue weighted by Gasteiger charge is -2.34. The van der Waals surface area contributed by atoms with Crippen LogP contribution in [0.4, 0.5) is 0 Å². The predicted molar refractivity (Wildman–Crippen MR) is 104 cm³/mol. The first-order valence-electron chi connectivity index (χ1n) is 9.72. The number of carbonyl (C=O) groups is 2. The third-order valence-electron chi connectivity index (χ3n) is 5.84. The summed E-state index contributed by atoms with van der Waals surface area (Å²) in [5.41, 5.74) is 2.83. The van der Waals surface area contributed by atoms with Gasteiger partial charge >= 0.3 is 5.97 Å². The molecule has 3 rings (SSSR count). The van der Waals surface area contributed by atoms with Crippen LogP contribution in [-0.4, -0.2) is 30.3 Å². The zero-order valence-electron chi connectivity index (χ0n) is 15.8. The van der Waals surface area contributed by atoms with E-state index in [0.717, 1.165) is 30.6 Å². The van der Waals surface area contributed by atoms with Gasteiger partial charge < -0.3 is 10.1 Å². The van der Waals surface area contributed by atoms with Gasteiger partial charge in [-0.2, -0.15) is 0 Å². The van der Waals surface area contributed by atoms with Gasteiger partial charge in [0.1, 0.15) is 0 Å².